The van der Waals surface area contributed by atoms with Crippen LogP contribution in [0.15, 0.2) is 48.5 Å². The highest BCUT2D eigenvalue weighted by Crippen LogP contribution is 2.15. The number of likely N-dealkylation sites (tertiary alicyclic amines) is 1. The zero-order valence-corrected chi connectivity index (χ0v) is 17.5. The van der Waals surface area contributed by atoms with Gasteiger partial charge < -0.3 is 10.6 Å². The second kappa shape index (κ2) is 10.4. The molecule has 0 unspecified atom stereocenters. The van der Waals surface area contributed by atoms with Gasteiger partial charge in [-0.1, -0.05) is 54.4 Å². The molecule has 5 nitrogen and oxygen atoms in total. The van der Waals surface area contributed by atoms with E-state index in [0.29, 0.717) is 17.1 Å². The molecule has 2 amide bonds. The van der Waals surface area contributed by atoms with Gasteiger partial charge in [-0.3, -0.25) is 14.5 Å². The lowest BCUT2D eigenvalue weighted by molar-refractivity contribution is -0.122. The van der Waals surface area contributed by atoms with Crippen LogP contribution in [0.2, 0.25) is 5.02 Å². The summed E-state index contributed by atoms with van der Waals surface area (Å²) in [5.41, 5.74) is 2.69. The van der Waals surface area contributed by atoms with Gasteiger partial charge in [-0.05, 0) is 56.1 Å². The molecule has 0 aromatic heterocycles. The summed E-state index contributed by atoms with van der Waals surface area (Å²) in [7, 11) is 0. The molecule has 0 aliphatic carbocycles. The molecule has 6 heteroatoms. The van der Waals surface area contributed by atoms with E-state index in [2.05, 4.69) is 27.7 Å². The highest BCUT2D eigenvalue weighted by molar-refractivity contribution is 6.33. The minimum absolute atomic E-state index is 0.234. The van der Waals surface area contributed by atoms with Gasteiger partial charge in [0.2, 0.25) is 5.91 Å². The van der Waals surface area contributed by atoms with E-state index < -0.39 is 6.04 Å². The number of hydrogen-bond donors (Lipinski definition) is 2. The summed E-state index contributed by atoms with van der Waals surface area (Å²) in [6.07, 6.45) is 3.91. The Morgan fingerprint density at radius 2 is 1.66 bits per heavy atom. The number of hydrogen-bond acceptors (Lipinski definition) is 3. The first kappa shape index (κ1) is 21.3. The molecule has 2 N–H and O–H groups in total. The maximum Gasteiger partial charge on any atom is 0.253 e. The molecule has 1 fully saturated rings. The van der Waals surface area contributed by atoms with Gasteiger partial charge in [0.05, 0.1) is 10.6 Å². The van der Waals surface area contributed by atoms with Crippen LogP contribution in [-0.4, -0.2) is 35.8 Å². The third-order valence-corrected chi connectivity index (χ3v) is 5.53. The second-order valence-corrected chi connectivity index (χ2v) is 7.95. The zero-order chi connectivity index (χ0) is 20.6. The quantitative estimate of drug-likeness (QED) is 0.726. The predicted molar refractivity (Wildman–Crippen MR) is 116 cm³/mol. The fraction of sp³-hybridized carbons (Fsp3) is 0.391. The Hall–Kier alpha value is -2.37. The number of rotatable bonds is 7. The Balaban J connectivity index is 1.45. The van der Waals surface area contributed by atoms with Crippen molar-refractivity contribution in [3.63, 3.8) is 0 Å². The van der Waals surface area contributed by atoms with Crippen molar-refractivity contribution in [1.29, 1.82) is 0 Å². The Labute approximate surface area is 177 Å². The summed E-state index contributed by atoms with van der Waals surface area (Å²) < 4.78 is 0. The number of benzene rings is 2. The first-order chi connectivity index (χ1) is 14.0. The van der Waals surface area contributed by atoms with Gasteiger partial charge in [0.25, 0.3) is 5.91 Å². The van der Waals surface area contributed by atoms with Crippen molar-refractivity contribution in [2.75, 3.05) is 13.1 Å². The van der Waals surface area contributed by atoms with Gasteiger partial charge >= 0.3 is 0 Å². The Bertz CT molecular complexity index is 832. The number of amides is 2. The van der Waals surface area contributed by atoms with Crippen LogP contribution in [0.25, 0.3) is 0 Å². The van der Waals surface area contributed by atoms with Gasteiger partial charge in [-0.25, -0.2) is 0 Å². The monoisotopic (exact) mass is 413 g/mol. The van der Waals surface area contributed by atoms with Gasteiger partial charge in [-0.2, -0.15) is 0 Å². The molecule has 1 atom stereocenters. The van der Waals surface area contributed by atoms with E-state index >= 15 is 0 Å². The Morgan fingerprint density at radius 3 is 2.34 bits per heavy atom. The lowest BCUT2D eigenvalue weighted by atomic mass is 10.1. The van der Waals surface area contributed by atoms with Crippen molar-refractivity contribution in [3.8, 4) is 0 Å². The number of carbonyl (C=O) groups excluding carboxylic acids is 2. The SMILES string of the molecule is C[C@H](NC(=O)c1ccccc1Cl)C(=O)NCc1ccc(CN2CCCCC2)cc1. The number of halogens is 1. The van der Waals surface area contributed by atoms with Crippen molar-refractivity contribution in [3.05, 3.63) is 70.2 Å². The van der Waals surface area contributed by atoms with Crippen LogP contribution >= 0.6 is 11.6 Å². The van der Waals surface area contributed by atoms with E-state index in [9.17, 15) is 9.59 Å². The van der Waals surface area contributed by atoms with Crippen LogP contribution in [0.5, 0.6) is 0 Å². The first-order valence-corrected chi connectivity index (χ1v) is 10.5. The number of nitrogens with one attached hydrogen (secondary N) is 2. The van der Waals surface area contributed by atoms with Crippen LogP contribution in [0.3, 0.4) is 0 Å². The van der Waals surface area contributed by atoms with Crippen LogP contribution in [0.1, 0.15) is 47.7 Å². The van der Waals surface area contributed by atoms with Gasteiger partial charge in [0.1, 0.15) is 6.04 Å². The van der Waals surface area contributed by atoms with Crippen LogP contribution in [-0.2, 0) is 17.9 Å². The highest BCUT2D eigenvalue weighted by Gasteiger charge is 2.18. The molecular weight excluding hydrogens is 386 g/mol. The summed E-state index contributed by atoms with van der Waals surface area (Å²) >= 11 is 6.03. The summed E-state index contributed by atoms with van der Waals surface area (Å²) in [6, 6.07) is 14.5. The molecule has 0 saturated carbocycles. The highest BCUT2D eigenvalue weighted by atomic mass is 35.5. The van der Waals surface area contributed by atoms with E-state index in [1.165, 1.54) is 37.9 Å². The number of piperidine rings is 1. The fourth-order valence-electron chi connectivity index (χ4n) is 3.47. The molecule has 1 aliphatic heterocycles. The van der Waals surface area contributed by atoms with E-state index in [4.69, 9.17) is 11.6 Å². The van der Waals surface area contributed by atoms with Crippen molar-refractivity contribution < 1.29 is 9.59 Å². The molecule has 3 rings (SSSR count). The molecule has 1 aliphatic rings. The van der Waals surface area contributed by atoms with Gasteiger partial charge in [-0.15, -0.1) is 0 Å². The smallest absolute Gasteiger partial charge is 0.253 e. The average molecular weight is 414 g/mol. The Kier molecular flexibility index (Phi) is 7.67. The largest absolute Gasteiger partial charge is 0.350 e. The molecule has 1 saturated heterocycles. The standard InChI is InChI=1S/C23H28ClN3O2/c1-17(26-23(29)20-7-3-4-8-21(20)24)22(28)25-15-18-9-11-19(12-10-18)16-27-13-5-2-6-14-27/h3-4,7-12,17H,2,5-6,13-16H2,1H3,(H,25,28)(H,26,29)/t17-/m0/s1. The number of nitrogens with zero attached hydrogens (tertiary/aromatic N) is 1. The van der Waals surface area contributed by atoms with Crippen LogP contribution in [0.4, 0.5) is 0 Å². The lowest BCUT2D eigenvalue weighted by Crippen LogP contribution is -2.44. The third kappa shape index (κ3) is 6.31. The van der Waals surface area contributed by atoms with Crippen molar-refractivity contribution in [2.45, 2.75) is 45.3 Å². The van der Waals surface area contributed by atoms with Crippen molar-refractivity contribution in [2.24, 2.45) is 0 Å². The number of carbonyl (C=O) groups is 2. The topological polar surface area (TPSA) is 61.4 Å². The normalized spacial score (nSPS) is 15.5. The minimum Gasteiger partial charge on any atom is -0.350 e. The first-order valence-electron chi connectivity index (χ1n) is 10.2. The minimum atomic E-state index is -0.655. The van der Waals surface area contributed by atoms with Gasteiger partial charge in [0, 0.05) is 13.1 Å². The van der Waals surface area contributed by atoms with Crippen LogP contribution in [0, 0.1) is 0 Å². The molecule has 1 heterocycles. The second-order valence-electron chi connectivity index (χ2n) is 7.55. The van der Waals surface area contributed by atoms with E-state index in [-0.39, 0.29) is 11.8 Å². The Morgan fingerprint density at radius 1 is 1.00 bits per heavy atom. The average Bonchev–Trinajstić information content (AvgIpc) is 2.74. The van der Waals surface area contributed by atoms with E-state index in [1.54, 1.807) is 31.2 Å². The molecular formula is C23H28ClN3O2. The van der Waals surface area contributed by atoms with Crippen molar-refractivity contribution >= 4 is 23.4 Å². The summed E-state index contributed by atoms with van der Waals surface area (Å²) in [4.78, 5) is 27.1. The molecule has 0 radical (unpaired) electrons. The molecule has 29 heavy (non-hydrogen) atoms. The maximum atomic E-state index is 12.3. The molecule has 154 valence electrons. The molecule has 0 bridgehead atoms. The van der Waals surface area contributed by atoms with Crippen LogP contribution < -0.4 is 10.6 Å². The molecule has 0 spiro atoms. The third-order valence-electron chi connectivity index (χ3n) is 5.20. The lowest BCUT2D eigenvalue weighted by Gasteiger charge is -2.26. The maximum absolute atomic E-state index is 12.3. The summed E-state index contributed by atoms with van der Waals surface area (Å²) in [6.45, 7) is 5.42. The molecule has 2 aromatic carbocycles. The van der Waals surface area contributed by atoms with E-state index in [1.807, 2.05) is 12.1 Å². The van der Waals surface area contributed by atoms with Gasteiger partial charge in [0.15, 0.2) is 0 Å². The van der Waals surface area contributed by atoms with E-state index in [0.717, 1.165) is 12.1 Å². The predicted octanol–water partition coefficient (Wildman–Crippen LogP) is 3.76. The summed E-state index contributed by atoms with van der Waals surface area (Å²) in [5.74, 6) is -0.594. The zero-order valence-electron chi connectivity index (χ0n) is 16.8. The van der Waals surface area contributed by atoms with Crippen molar-refractivity contribution in [1.82, 2.24) is 15.5 Å². The fourth-order valence-corrected chi connectivity index (χ4v) is 3.69. The summed E-state index contributed by atoms with van der Waals surface area (Å²) in [5, 5.41) is 5.92. The molecule has 2 aromatic rings.